The van der Waals surface area contributed by atoms with Crippen LogP contribution in [0.4, 0.5) is 8.78 Å². The quantitative estimate of drug-likeness (QED) is 0.814. The van der Waals surface area contributed by atoms with Gasteiger partial charge in [0.15, 0.2) is 0 Å². The maximum absolute atomic E-state index is 12.6. The summed E-state index contributed by atoms with van der Waals surface area (Å²) in [6.45, 7) is -2.52. The fourth-order valence-electron chi connectivity index (χ4n) is 3.79. The van der Waals surface area contributed by atoms with Crippen LogP contribution in [0.15, 0.2) is 36.4 Å². The van der Waals surface area contributed by atoms with Crippen LogP contribution in [0.5, 0.6) is 17.2 Å². The van der Waals surface area contributed by atoms with Gasteiger partial charge in [0.05, 0.1) is 13.0 Å². The van der Waals surface area contributed by atoms with E-state index < -0.39 is 12.6 Å². The van der Waals surface area contributed by atoms with E-state index in [1.807, 2.05) is 12.1 Å². The highest BCUT2D eigenvalue weighted by Gasteiger charge is 2.30. The molecule has 0 saturated heterocycles. The number of ether oxygens (including phenoxy) is 3. The highest BCUT2D eigenvalue weighted by Crippen LogP contribution is 2.42. The van der Waals surface area contributed by atoms with Crippen molar-refractivity contribution in [3.8, 4) is 17.2 Å². The third-order valence-corrected chi connectivity index (χ3v) is 4.95. The first-order chi connectivity index (χ1) is 13.0. The Balaban J connectivity index is 1.52. The van der Waals surface area contributed by atoms with Crippen LogP contribution in [0.1, 0.15) is 41.6 Å². The number of fused-ring (bicyclic) bond motifs is 2. The minimum absolute atomic E-state index is 0.0239. The van der Waals surface area contributed by atoms with Crippen LogP contribution in [-0.4, -0.2) is 24.3 Å². The number of hydrogen-bond donors (Lipinski definition) is 1. The molecule has 2 aromatic carbocycles. The lowest BCUT2D eigenvalue weighted by Gasteiger charge is -2.16. The van der Waals surface area contributed by atoms with Crippen LogP contribution < -0.4 is 14.2 Å². The molecule has 1 heterocycles. The summed E-state index contributed by atoms with van der Waals surface area (Å²) >= 11 is 0. The first-order valence-corrected chi connectivity index (χ1v) is 8.73. The number of carbonyl (C=O) groups is 1. The van der Waals surface area contributed by atoms with Gasteiger partial charge >= 0.3 is 12.6 Å². The average molecular weight is 376 g/mol. The molecule has 2 atom stereocenters. The highest BCUT2D eigenvalue weighted by molar-refractivity contribution is 5.68. The Morgan fingerprint density at radius 2 is 2.11 bits per heavy atom. The summed E-state index contributed by atoms with van der Waals surface area (Å²) in [6.07, 6.45) is 1.04. The SMILES string of the molecule is O=C(O)CC1COc2cc(OC3CCc4c(OC(F)F)cccc43)ccc21. The molecule has 2 aliphatic rings. The van der Waals surface area contributed by atoms with Gasteiger partial charge in [0.25, 0.3) is 0 Å². The van der Waals surface area contributed by atoms with E-state index in [0.29, 0.717) is 30.9 Å². The first kappa shape index (κ1) is 17.6. The van der Waals surface area contributed by atoms with Gasteiger partial charge < -0.3 is 19.3 Å². The summed E-state index contributed by atoms with van der Waals surface area (Å²) in [6, 6.07) is 10.5. The standard InChI is InChI=1S/C20H18F2O5/c21-20(22)27-16-3-1-2-14-15(16)6-7-17(14)26-12-4-5-13-11(8-19(23)24)10-25-18(13)9-12/h1-5,9,11,17,20H,6-8,10H2,(H,23,24). The van der Waals surface area contributed by atoms with Crippen molar-refractivity contribution in [3.63, 3.8) is 0 Å². The Hall–Kier alpha value is -2.83. The van der Waals surface area contributed by atoms with E-state index in [1.54, 1.807) is 24.3 Å². The molecule has 0 bridgehead atoms. The van der Waals surface area contributed by atoms with Gasteiger partial charge in [0.1, 0.15) is 23.4 Å². The summed E-state index contributed by atoms with van der Waals surface area (Å²) in [5.74, 6) is 0.408. The largest absolute Gasteiger partial charge is 0.492 e. The number of hydrogen-bond acceptors (Lipinski definition) is 4. The Morgan fingerprint density at radius 1 is 1.26 bits per heavy atom. The summed E-state index contributed by atoms with van der Waals surface area (Å²) in [5, 5.41) is 8.98. The van der Waals surface area contributed by atoms with Gasteiger partial charge in [-0.1, -0.05) is 18.2 Å². The predicted octanol–water partition coefficient (Wildman–Crippen LogP) is 4.31. The van der Waals surface area contributed by atoms with Gasteiger partial charge in [-0.25, -0.2) is 0 Å². The molecule has 0 saturated carbocycles. The molecule has 0 fully saturated rings. The molecule has 1 N–H and O–H groups in total. The molecule has 1 aliphatic carbocycles. The number of carboxylic acid groups (broad SMARTS) is 1. The van der Waals surface area contributed by atoms with E-state index in [4.69, 9.17) is 14.6 Å². The lowest BCUT2D eigenvalue weighted by Crippen LogP contribution is -2.07. The molecule has 0 aromatic heterocycles. The van der Waals surface area contributed by atoms with Crippen molar-refractivity contribution < 1.29 is 32.9 Å². The van der Waals surface area contributed by atoms with E-state index >= 15 is 0 Å². The van der Waals surface area contributed by atoms with Crippen molar-refractivity contribution in [1.82, 2.24) is 0 Å². The summed E-state index contributed by atoms with van der Waals surface area (Å²) in [7, 11) is 0. The van der Waals surface area contributed by atoms with Gasteiger partial charge in [-0.3, -0.25) is 4.79 Å². The number of carboxylic acids is 1. The normalized spacial score (nSPS) is 20.1. The van der Waals surface area contributed by atoms with E-state index in [2.05, 4.69) is 4.74 Å². The molecule has 2 aromatic rings. The topological polar surface area (TPSA) is 65.0 Å². The number of alkyl halides is 2. The van der Waals surface area contributed by atoms with Gasteiger partial charge in [0.2, 0.25) is 0 Å². The number of benzene rings is 2. The molecule has 1 aliphatic heterocycles. The summed E-state index contributed by atoms with van der Waals surface area (Å²) in [4.78, 5) is 10.9. The minimum atomic E-state index is -2.86. The molecule has 27 heavy (non-hydrogen) atoms. The number of rotatable bonds is 6. The van der Waals surface area contributed by atoms with Crippen molar-refractivity contribution in [2.45, 2.75) is 37.9 Å². The summed E-state index contributed by atoms with van der Waals surface area (Å²) in [5.41, 5.74) is 2.46. The Morgan fingerprint density at radius 3 is 2.89 bits per heavy atom. The maximum Gasteiger partial charge on any atom is 0.387 e. The fourth-order valence-corrected chi connectivity index (χ4v) is 3.79. The smallest absolute Gasteiger partial charge is 0.387 e. The minimum Gasteiger partial charge on any atom is -0.492 e. The monoisotopic (exact) mass is 376 g/mol. The Bertz CT molecular complexity index is 867. The third kappa shape index (κ3) is 3.54. The van der Waals surface area contributed by atoms with Crippen LogP contribution in [-0.2, 0) is 11.2 Å². The van der Waals surface area contributed by atoms with Gasteiger partial charge in [-0.15, -0.1) is 0 Å². The lowest BCUT2D eigenvalue weighted by molar-refractivity contribution is -0.137. The zero-order valence-corrected chi connectivity index (χ0v) is 14.4. The lowest BCUT2D eigenvalue weighted by atomic mass is 9.98. The molecular formula is C20H18F2O5. The van der Waals surface area contributed by atoms with Gasteiger partial charge in [0, 0.05) is 23.1 Å². The van der Waals surface area contributed by atoms with Crippen molar-refractivity contribution >= 4 is 5.97 Å². The Labute approximate surface area is 154 Å². The first-order valence-electron chi connectivity index (χ1n) is 8.73. The second-order valence-electron chi connectivity index (χ2n) is 6.65. The average Bonchev–Trinajstić information content (AvgIpc) is 3.19. The maximum atomic E-state index is 12.6. The van der Waals surface area contributed by atoms with Crippen molar-refractivity contribution in [2.75, 3.05) is 6.61 Å². The van der Waals surface area contributed by atoms with Crippen molar-refractivity contribution in [2.24, 2.45) is 0 Å². The molecule has 4 rings (SSSR count). The predicted molar refractivity (Wildman–Crippen MR) is 91.7 cm³/mol. The molecule has 7 heteroatoms. The van der Waals surface area contributed by atoms with Crippen LogP contribution in [0.3, 0.4) is 0 Å². The molecule has 0 amide bonds. The van der Waals surface area contributed by atoms with Gasteiger partial charge in [-0.2, -0.15) is 8.78 Å². The van der Waals surface area contributed by atoms with E-state index in [-0.39, 0.29) is 24.2 Å². The third-order valence-electron chi connectivity index (χ3n) is 4.95. The van der Waals surface area contributed by atoms with Crippen LogP contribution in [0.2, 0.25) is 0 Å². The fraction of sp³-hybridized carbons (Fsp3) is 0.350. The zero-order chi connectivity index (χ0) is 19.0. The summed E-state index contributed by atoms with van der Waals surface area (Å²) < 4.78 is 41.4. The molecular weight excluding hydrogens is 358 g/mol. The van der Waals surface area contributed by atoms with Crippen LogP contribution in [0.25, 0.3) is 0 Å². The van der Waals surface area contributed by atoms with E-state index in [1.165, 1.54) is 0 Å². The molecule has 5 nitrogen and oxygen atoms in total. The second kappa shape index (κ2) is 7.06. The molecule has 2 unspecified atom stereocenters. The van der Waals surface area contributed by atoms with Crippen molar-refractivity contribution in [1.29, 1.82) is 0 Å². The van der Waals surface area contributed by atoms with Gasteiger partial charge in [-0.05, 0) is 30.5 Å². The van der Waals surface area contributed by atoms with E-state index in [9.17, 15) is 13.6 Å². The molecule has 0 radical (unpaired) electrons. The van der Waals surface area contributed by atoms with Crippen LogP contribution >= 0.6 is 0 Å². The highest BCUT2D eigenvalue weighted by atomic mass is 19.3. The Kier molecular flexibility index (Phi) is 4.59. The van der Waals surface area contributed by atoms with Crippen LogP contribution in [0, 0.1) is 0 Å². The number of aliphatic carboxylic acids is 1. The number of halogens is 2. The van der Waals surface area contributed by atoms with Crippen molar-refractivity contribution in [3.05, 3.63) is 53.1 Å². The molecule has 142 valence electrons. The zero-order valence-electron chi connectivity index (χ0n) is 14.4. The van der Waals surface area contributed by atoms with E-state index in [0.717, 1.165) is 16.7 Å². The molecule has 0 spiro atoms. The second-order valence-corrected chi connectivity index (χ2v) is 6.65.